The molecule has 5 atom stereocenters. The number of rotatable bonds is 4. The van der Waals surface area contributed by atoms with Gasteiger partial charge in [0, 0.05) is 5.92 Å². The highest BCUT2D eigenvalue weighted by Crippen LogP contribution is 2.52. The van der Waals surface area contributed by atoms with Crippen molar-refractivity contribution < 1.29 is 14.6 Å². The van der Waals surface area contributed by atoms with E-state index in [2.05, 4.69) is 6.26 Å². The van der Waals surface area contributed by atoms with E-state index in [0.29, 0.717) is 18.1 Å². The van der Waals surface area contributed by atoms with E-state index in [-0.39, 0.29) is 11.7 Å². The molecular weight excluding hydrogens is 224 g/mol. The van der Waals surface area contributed by atoms with Gasteiger partial charge in [0.1, 0.15) is 0 Å². The van der Waals surface area contributed by atoms with Gasteiger partial charge in [0.05, 0.1) is 30.5 Å². The molecule has 0 bridgehead atoms. The fourth-order valence-electron chi connectivity index (χ4n) is 3.08. The molecule has 0 aromatic rings. The van der Waals surface area contributed by atoms with Crippen molar-refractivity contribution in [1.82, 2.24) is 0 Å². The third-order valence-corrected chi connectivity index (χ3v) is 4.89. The Kier molecular flexibility index (Phi) is 2.94. The van der Waals surface area contributed by atoms with Crippen LogP contribution in [0, 0.1) is 5.92 Å². The van der Waals surface area contributed by atoms with Crippen LogP contribution in [-0.2, 0) is 9.47 Å². The van der Waals surface area contributed by atoms with Gasteiger partial charge in [-0.15, -0.1) is 0 Å². The molecule has 0 aromatic heterocycles. The first-order valence-electron chi connectivity index (χ1n) is 6.21. The minimum Gasteiger partial charge on any atom is -0.393 e. The number of aliphatic hydroxyl groups excluding tert-OH is 1. The summed E-state index contributed by atoms with van der Waals surface area (Å²) in [6, 6.07) is 0. The largest absolute Gasteiger partial charge is 0.393 e. The second-order valence-corrected chi connectivity index (χ2v) is 6.29. The van der Waals surface area contributed by atoms with Crippen LogP contribution in [0.15, 0.2) is 0 Å². The van der Waals surface area contributed by atoms with E-state index in [1.165, 1.54) is 5.75 Å². The van der Waals surface area contributed by atoms with Gasteiger partial charge in [-0.05, 0) is 37.7 Å². The maximum absolute atomic E-state index is 9.76. The molecule has 1 saturated carbocycles. The van der Waals surface area contributed by atoms with E-state index < -0.39 is 0 Å². The van der Waals surface area contributed by atoms with Gasteiger partial charge in [0.25, 0.3) is 0 Å². The second-order valence-electron chi connectivity index (χ2n) is 5.31. The Morgan fingerprint density at radius 1 is 1.50 bits per heavy atom. The summed E-state index contributed by atoms with van der Waals surface area (Å²) in [6.07, 6.45) is 6.74. The quantitative estimate of drug-likeness (QED) is 0.760. The van der Waals surface area contributed by atoms with Gasteiger partial charge in [0.15, 0.2) is 0 Å². The molecule has 16 heavy (non-hydrogen) atoms. The number of epoxide rings is 2. The van der Waals surface area contributed by atoms with E-state index in [1.807, 2.05) is 11.8 Å². The molecule has 1 spiro atoms. The lowest BCUT2D eigenvalue weighted by molar-refractivity contribution is 0.0363. The summed E-state index contributed by atoms with van der Waals surface area (Å²) in [4.78, 5) is 0. The molecule has 0 radical (unpaired) electrons. The van der Waals surface area contributed by atoms with Gasteiger partial charge in [-0.2, -0.15) is 11.8 Å². The van der Waals surface area contributed by atoms with Crippen LogP contribution in [0.2, 0.25) is 0 Å². The lowest BCUT2D eigenvalue weighted by atomic mass is 9.75. The van der Waals surface area contributed by atoms with Crippen LogP contribution in [0.4, 0.5) is 0 Å². The zero-order valence-corrected chi connectivity index (χ0v) is 10.5. The van der Waals surface area contributed by atoms with Crippen LogP contribution in [0.3, 0.4) is 0 Å². The number of ether oxygens (including phenoxy) is 2. The van der Waals surface area contributed by atoms with Crippen LogP contribution in [0.5, 0.6) is 0 Å². The fourth-order valence-corrected chi connectivity index (χ4v) is 3.55. The monoisotopic (exact) mass is 244 g/mol. The van der Waals surface area contributed by atoms with Gasteiger partial charge < -0.3 is 14.6 Å². The van der Waals surface area contributed by atoms with Crippen LogP contribution in [0.1, 0.15) is 25.7 Å². The predicted molar refractivity (Wildman–Crippen MR) is 63.7 cm³/mol. The summed E-state index contributed by atoms with van der Waals surface area (Å²) in [6.45, 7) is 0.888. The average Bonchev–Trinajstić information content (AvgIpc) is 3.17. The highest BCUT2D eigenvalue weighted by atomic mass is 32.2. The van der Waals surface area contributed by atoms with Crippen molar-refractivity contribution in [1.29, 1.82) is 0 Å². The van der Waals surface area contributed by atoms with E-state index in [0.717, 1.165) is 32.3 Å². The van der Waals surface area contributed by atoms with Crippen LogP contribution in [0.25, 0.3) is 0 Å². The Labute approximate surface area is 101 Å². The highest BCUT2D eigenvalue weighted by Gasteiger charge is 2.61. The average molecular weight is 244 g/mol. The van der Waals surface area contributed by atoms with E-state index in [9.17, 15) is 5.11 Å². The van der Waals surface area contributed by atoms with E-state index >= 15 is 0 Å². The first-order valence-corrected chi connectivity index (χ1v) is 7.61. The minimum atomic E-state index is -0.134. The molecule has 3 nitrogen and oxygen atoms in total. The Morgan fingerprint density at radius 3 is 3.00 bits per heavy atom. The number of hydrogen-bond acceptors (Lipinski definition) is 4. The first kappa shape index (κ1) is 11.3. The standard InChI is InChI=1S/C12H20O3S/c1-16-5-3-10-11(15-10)9-6-8(13)2-4-12(9)7-14-12/h8-11,13H,2-7H2,1H3/t8-,9?,10-,11-,12+/m1/s1. The molecule has 1 unspecified atom stereocenters. The molecule has 1 aliphatic carbocycles. The summed E-state index contributed by atoms with van der Waals surface area (Å²) >= 11 is 1.87. The summed E-state index contributed by atoms with van der Waals surface area (Å²) in [7, 11) is 0. The zero-order chi connectivity index (χ0) is 11.2. The summed E-state index contributed by atoms with van der Waals surface area (Å²) in [5, 5.41) is 9.76. The molecule has 0 amide bonds. The lowest BCUT2D eigenvalue weighted by Crippen LogP contribution is -2.38. The van der Waals surface area contributed by atoms with Crippen molar-refractivity contribution in [2.45, 2.75) is 49.6 Å². The highest BCUT2D eigenvalue weighted by molar-refractivity contribution is 7.98. The maximum Gasteiger partial charge on any atom is 0.0972 e. The Balaban J connectivity index is 1.57. The lowest BCUT2D eigenvalue weighted by Gasteiger charge is -2.31. The second kappa shape index (κ2) is 4.16. The fraction of sp³-hybridized carbons (Fsp3) is 1.00. The zero-order valence-electron chi connectivity index (χ0n) is 9.72. The molecule has 1 N–H and O–H groups in total. The Morgan fingerprint density at radius 2 is 2.31 bits per heavy atom. The van der Waals surface area contributed by atoms with Crippen molar-refractivity contribution >= 4 is 11.8 Å². The number of hydrogen-bond donors (Lipinski definition) is 1. The minimum absolute atomic E-state index is 0.0952. The molecule has 3 aliphatic rings. The smallest absolute Gasteiger partial charge is 0.0972 e. The molecule has 2 aliphatic heterocycles. The molecule has 4 heteroatoms. The van der Waals surface area contributed by atoms with Crippen LogP contribution < -0.4 is 0 Å². The summed E-state index contributed by atoms with van der Waals surface area (Å²) < 4.78 is 11.4. The van der Waals surface area contributed by atoms with Crippen molar-refractivity contribution in [3.8, 4) is 0 Å². The third-order valence-electron chi connectivity index (χ3n) is 4.24. The van der Waals surface area contributed by atoms with Gasteiger partial charge in [-0.3, -0.25) is 0 Å². The summed E-state index contributed by atoms with van der Waals surface area (Å²) in [5.41, 5.74) is 0.0952. The normalized spacial score (nSPS) is 50.6. The van der Waals surface area contributed by atoms with Gasteiger partial charge in [-0.1, -0.05) is 0 Å². The Hall–Kier alpha value is 0.230. The molecule has 3 fully saturated rings. The van der Waals surface area contributed by atoms with Crippen molar-refractivity contribution in [3.63, 3.8) is 0 Å². The van der Waals surface area contributed by atoms with Crippen LogP contribution >= 0.6 is 11.8 Å². The van der Waals surface area contributed by atoms with Gasteiger partial charge in [-0.25, -0.2) is 0 Å². The number of aliphatic hydroxyl groups is 1. The van der Waals surface area contributed by atoms with Crippen molar-refractivity contribution in [2.24, 2.45) is 5.92 Å². The molecule has 0 aromatic carbocycles. The predicted octanol–water partition coefficient (Wildman–Crippen LogP) is 1.44. The molecule has 2 saturated heterocycles. The van der Waals surface area contributed by atoms with Crippen molar-refractivity contribution in [2.75, 3.05) is 18.6 Å². The molecule has 92 valence electrons. The summed E-state index contributed by atoms with van der Waals surface area (Å²) in [5.74, 6) is 1.62. The molecule has 3 rings (SSSR count). The van der Waals surface area contributed by atoms with Gasteiger partial charge in [0.2, 0.25) is 0 Å². The topological polar surface area (TPSA) is 45.3 Å². The van der Waals surface area contributed by atoms with E-state index in [1.54, 1.807) is 0 Å². The SMILES string of the molecule is CSCC[C@H]1O[C@@H]1C1C[C@H](O)CC[C@]12CO2. The Bertz CT molecular complexity index is 267. The number of thioether (sulfide) groups is 1. The van der Waals surface area contributed by atoms with Crippen LogP contribution in [-0.4, -0.2) is 47.6 Å². The molecule has 2 heterocycles. The third kappa shape index (κ3) is 2.01. The first-order chi connectivity index (χ1) is 7.75. The maximum atomic E-state index is 9.76. The van der Waals surface area contributed by atoms with E-state index in [4.69, 9.17) is 9.47 Å². The van der Waals surface area contributed by atoms with Crippen molar-refractivity contribution in [3.05, 3.63) is 0 Å². The van der Waals surface area contributed by atoms with Gasteiger partial charge >= 0.3 is 0 Å². The molecular formula is C12H20O3S.